The van der Waals surface area contributed by atoms with E-state index in [1.165, 1.54) is 26.4 Å². The van der Waals surface area contributed by atoms with E-state index < -0.39 is 0 Å². The van der Waals surface area contributed by atoms with Gasteiger partial charge in [0.2, 0.25) is 0 Å². The Morgan fingerprint density at radius 1 is 1.16 bits per heavy atom. The number of aromatic hydroxyl groups is 1. The number of nitrogens with one attached hydrogen (secondary N) is 1. The summed E-state index contributed by atoms with van der Waals surface area (Å²) in [5.41, 5.74) is 4.04. The first-order chi connectivity index (χ1) is 15.4. The minimum absolute atomic E-state index is 0.0788. The summed E-state index contributed by atoms with van der Waals surface area (Å²) in [6.07, 6.45) is 7.57. The van der Waals surface area contributed by atoms with E-state index in [4.69, 9.17) is 16.3 Å². The number of anilines is 1. The SMILES string of the molecule is COc1cc(-c2ccc3ncc(C(=O)C(C)C)c(NC4CCCCC4)c3c2)cc(Cl)c1O. The van der Waals surface area contributed by atoms with E-state index in [0.717, 1.165) is 40.6 Å². The smallest absolute Gasteiger partial charge is 0.176 e. The monoisotopic (exact) mass is 452 g/mol. The molecule has 1 heterocycles. The van der Waals surface area contributed by atoms with Crippen molar-refractivity contribution in [3.63, 3.8) is 0 Å². The van der Waals surface area contributed by atoms with E-state index in [0.29, 0.717) is 17.4 Å². The van der Waals surface area contributed by atoms with E-state index in [-0.39, 0.29) is 22.5 Å². The predicted molar refractivity (Wildman–Crippen MR) is 130 cm³/mol. The number of phenols is 1. The number of halogens is 1. The van der Waals surface area contributed by atoms with Crippen molar-refractivity contribution >= 4 is 34.0 Å². The highest BCUT2D eigenvalue weighted by Crippen LogP contribution is 2.40. The van der Waals surface area contributed by atoms with Crippen molar-refractivity contribution in [2.75, 3.05) is 12.4 Å². The molecule has 1 saturated carbocycles. The molecule has 0 atom stereocenters. The Morgan fingerprint density at radius 3 is 2.59 bits per heavy atom. The number of phenolic OH excluding ortho intramolecular Hbond substituents is 1. The lowest BCUT2D eigenvalue weighted by atomic mass is 9.93. The molecule has 32 heavy (non-hydrogen) atoms. The van der Waals surface area contributed by atoms with E-state index in [1.54, 1.807) is 18.3 Å². The maximum atomic E-state index is 13.0. The van der Waals surface area contributed by atoms with Crippen LogP contribution in [0.4, 0.5) is 5.69 Å². The molecule has 4 rings (SSSR count). The fraction of sp³-hybridized carbons (Fsp3) is 0.385. The number of fused-ring (bicyclic) bond motifs is 1. The number of nitrogens with zero attached hydrogens (tertiary/aromatic N) is 1. The number of methoxy groups -OCH3 is 1. The van der Waals surface area contributed by atoms with Crippen LogP contribution in [0.2, 0.25) is 5.02 Å². The van der Waals surface area contributed by atoms with Crippen LogP contribution in [0.15, 0.2) is 36.5 Å². The molecule has 0 radical (unpaired) electrons. The quantitative estimate of drug-likeness (QED) is 0.400. The average Bonchev–Trinajstić information content (AvgIpc) is 2.80. The molecule has 1 aliphatic rings. The van der Waals surface area contributed by atoms with Gasteiger partial charge in [-0.2, -0.15) is 0 Å². The fourth-order valence-electron chi connectivity index (χ4n) is 4.37. The molecule has 6 heteroatoms. The number of carbonyl (C=O) groups is 1. The number of pyridine rings is 1. The van der Waals surface area contributed by atoms with Crippen LogP contribution < -0.4 is 10.1 Å². The van der Waals surface area contributed by atoms with Crippen LogP contribution in [0.5, 0.6) is 11.5 Å². The summed E-state index contributed by atoms with van der Waals surface area (Å²) in [6.45, 7) is 3.83. The number of ketones is 1. The highest BCUT2D eigenvalue weighted by molar-refractivity contribution is 6.32. The van der Waals surface area contributed by atoms with Crippen LogP contribution >= 0.6 is 11.6 Å². The van der Waals surface area contributed by atoms with Gasteiger partial charge in [-0.05, 0) is 48.2 Å². The molecular formula is C26H29ClN2O3. The lowest BCUT2D eigenvalue weighted by molar-refractivity contribution is 0.0940. The molecule has 2 aromatic carbocycles. The molecule has 3 aromatic rings. The molecule has 0 bridgehead atoms. The van der Waals surface area contributed by atoms with E-state index in [2.05, 4.69) is 10.3 Å². The highest BCUT2D eigenvalue weighted by atomic mass is 35.5. The summed E-state index contributed by atoms with van der Waals surface area (Å²) in [4.78, 5) is 17.6. The molecule has 1 aromatic heterocycles. The summed E-state index contributed by atoms with van der Waals surface area (Å²) in [6, 6.07) is 9.77. The second kappa shape index (κ2) is 9.37. The van der Waals surface area contributed by atoms with Crippen LogP contribution in [0, 0.1) is 5.92 Å². The van der Waals surface area contributed by atoms with Gasteiger partial charge in [0.25, 0.3) is 0 Å². The van der Waals surface area contributed by atoms with Crippen molar-refractivity contribution in [2.45, 2.75) is 52.0 Å². The van der Waals surface area contributed by atoms with E-state index >= 15 is 0 Å². The van der Waals surface area contributed by atoms with Gasteiger partial charge < -0.3 is 15.2 Å². The predicted octanol–water partition coefficient (Wildman–Crippen LogP) is 6.85. The third-order valence-corrected chi connectivity index (χ3v) is 6.48. The normalized spacial score (nSPS) is 14.7. The third-order valence-electron chi connectivity index (χ3n) is 6.19. The first-order valence-electron chi connectivity index (χ1n) is 11.2. The standard InChI is InChI=1S/C26H29ClN2O3/c1-15(2)25(30)20-14-28-22-10-9-16(17-12-21(27)26(31)23(13-17)32-3)11-19(22)24(20)29-18-7-5-4-6-8-18/h9-15,18,31H,4-8H2,1-3H3,(H,28,29). The van der Waals surface area contributed by atoms with Crippen LogP contribution in [0.3, 0.4) is 0 Å². The number of aromatic nitrogens is 1. The minimum atomic E-state index is -0.121. The van der Waals surface area contributed by atoms with Crippen molar-refractivity contribution in [3.8, 4) is 22.6 Å². The van der Waals surface area contributed by atoms with Crippen molar-refractivity contribution in [2.24, 2.45) is 5.92 Å². The Kier molecular flexibility index (Phi) is 6.56. The van der Waals surface area contributed by atoms with Gasteiger partial charge in [0.1, 0.15) is 0 Å². The summed E-state index contributed by atoms with van der Waals surface area (Å²) < 4.78 is 5.27. The van der Waals surface area contributed by atoms with Crippen molar-refractivity contribution in [3.05, 3.63) is 47.1 Å². The Hall–Kier alpha value is -2.79. The second-order valence-corrected chi connectivity index (χ2v) is 9.19. The van der Waals surface area contributed by atoms with Gasteiger partial charge >= 0.3 is 0 Å². The fourth-order valence-corrected chi connectivity index (χ4v) is 4.58. The zero-order chi connectivity index (χ0) is 22.8. The highest BCUT2D eigenvalue weighted by Gasteiger charge is 2.22. The Morgan fingerprint density at radius 2 is 1.91 bits per heavy atom. The maximum absolute atomic E-state index is 13.0. The van der Waals surface area contributed by atoms with Gasteiger partial charge in [0.05, 0.1) is 28.9 Å². The van der Waals surface area contributed by atoms with E-state index in [9.17, 15) is 9.90 Å². The number of Topliss-reactive ketones (excluding diaryl/α,β-unsaturated/α-hetero) is 1. The first kappa shape index (κ1) is 22.4. The lowest BCUT2D eigenvalue weighted by Crippen LogP contribution is -2.24. The third kappa shape index (κ3) is 4.40. The van der Waals surface area contributed by atoms with Gasteiger partial charge in [0, 0.05) is 23.5 Å². The number of carbonyl (C=O) groups excluding carboxylic acids is 1. The summed E-state index contributed by atoms with van der Waals surface area (Å²) >= 11 is 6.23. The van der Waals surface area contributed by atoms with Gasteiger partial charge in [0.15, 0.2) is 17.3 Å². The summed E-state index contributed by atoms with van der Waals surface area (Å²) in [7, 11) is 1.50. The minimum Gasteiger partial charge on any atom is -0.503 e. The molecule has 0 saturated heterocycles. The van der Waals surface area contributed by atoms with Crippen LogP contribution in [-0.2, 0) is 0 Å². The molecule has 0 amide bonds. The van der Waals surface area contributed by atoms with Crippen LogP contribution in [0.25, 0.3) is 22.0 Å². The topological polar surface area (TPSA) is 71.5 Å². The first-order valence-corrected chi connectivity index (χ1v) is 11.6. The van der Waals surface area contributed by atoms with Crippen molar-refractivity contribution < 1.29 is 14.6 Å². The van der Waals surface area contributed by atoms with Gasteiger partial charge in [-0.1, -0.05) is 50.8 Å². The summed E-state index contributed by atoms with van der Waals surface area (Å²) in [5.74, 6) is 0.196. The molecule has 0 aliphatic heterocycles. The zero-order valence-corrected chi connectivity index (χ0v) is 19.5. The second-order valence-electron chi connectivity index (χ2n) is 8.79. The Balaban J connectivity index is 1.87. The Bertz CT molecular complexity index is 1150. The van der Waals surface area contributed by atoms with Gasteiger partial charge in [-0.3, -0.25) is 9.78 Å². The Labute approximate surface area is 193 Å². The van der Waals surface area contributed by atoms with Crippen molar-refractivity contribution in [1.82, 2.24) is 4.98 Å². The molecule has 2 N–H and O–H groups in total. The average molecular weight is 453 g/mol. The van der Waals surface area contributed by atoms with Crippen LogP contribution in [0.1, 0.15) is 56.3 Å². The number of hydrogen-bond acceptors (Lipinski definition) is 5. The van der Waals surface area contributed by atoms with Crippen molar-refractivity contribution in [1.29, 1.82) is 0 Å². The largest absolute Gasteiger partial charge is 0.503 e. The number of hydrogen-bond donors (Lipinski definition) is 2. The molecule has 5 nitrogen and oxygen atoms in total. The van der Waals surface area contributed by atoms with Gasteiger partial charge in [-0.15, -0.1) is 0 Å². The molecule has 168 valence electrons. The van der Waals surface area contributed by atoms with Crippen LogP contribution in [-0.4, -0.2) is 29.0 Å². The summed E-state index contributed by atoms with van der Waals surface area (Å²) in [5, 5.41) is 14.9. The molecule has 0 unspecified atom stereocenters. The van der Waals surface area contributed by atoms with Gasteiger partial charge in [-0.25, -0.2) is 0 Å². The number of benzene rings is 2. The zero-order valence-electron chi connectivity index (χ0n) is 18.7. The maximum Gasteiger partial charge on any atom is 0.176 e. The molecule has 1 aliphatic carbocycles. The lowest BCUT2D eigenvalue weighted by Gasteiger charge is -2.26. The molecule has 1 fully saturated rings. The number of ether oxygens (including phenoxy) is 1. The molecular weight excluding hydrogens is 424 g/mol. The molecule has 0 spiro atoms. The van der Waals surface area contributed by atoms with E-state index in [1.807, 2.05) is 32.0 Å². The number of rotatable bonds is 6.